The van der Waals surface area contributed by atoms with Gasteiger partial charge in [0.15, 0.2) is 0 Å². The highest BCUT2D eigenvalue weighted by Gasteiger charge is 2.27. The molecule has 146 valence electrons. The van der Waals surface area contributed by atoms with Gasteiger partial charge in [0, 0.05) is 5.56 Å². The fourth-order valence-corrected chi connectivity index (χ4v) is 2.95. The van der Waals surface area contributed by atoms with Crippen LogP contribution in [-0.2, 0) is 4.79 Å². The molecule has 1 heterocycles. The summed E-state index contributed by atoms with van der Waals surface area (Å²) < 4.78 is 13.3. The molecule has 2 aromatic carbocycles. The van der Waals surface area contributed by atoms with Crippen LogP contribution in [0.4, 0.5) is 10.3 Å². The third kappa shape index (κ3) is 4.31. The Kier molecular flexibility index (Phi) is 5.94. The van der Waals surface area contributed by atoms with Crippen LogP contribution in [0.5, 0.6) is 0 Å². The summed E-state index contributed by atoms with van der Waals surface area (Å²) in [6, 6.07) is 10.3. The number of benzene rings is 2. The van der Waals surface area contributed by atoms with E-state index in [2.05, 4.69) is 20.6 Å². The maximum atomic E-state index is 13.3. The summed E-state index contributed by atoms with van der Waals surface area (Å²) >= 11 is 5.75. The van der Waals surface area contributed by atoms with Crippen LogP contribution in [0, 0.1) is 11.7 Å². The minimum atomic E-state index is -0.797. The van der Waals surface area contributed by atoms with Gasteiger partial charge in [0.1, 0.15) is 11.9 Å². The number of rotatable bonds is 6. The minimum Gasteiger partial charge on any atom is -0.340 e. The number of hydrogen-bond donors (Lipinski definition) is 3. The average molecular weight is 403 g/mol. The summed E-state index contributed by atoms with van der Waals surface area (Å²) in [5.74, 6) is -1.34. The Bertz CT molecular complexity index is 987. The molecule has 6 nitrogen and oxygen atoms in total. The zero-order valence-corrected chi connectivity index (χ0v) is 16.2. The van der Waals surface area contributed by atoms with Crippen LogP contribution in [0.25, 0.3) is 11.0 Å². The van der Waals surface area contributed by atoms with Crippen molar-refractivity contribution < 1.29 is 14.0 Å². The molecule has 0 saturated heterocycles. The Labute approximate surface area is 166 Å². The molecular formula is C20H20ClFN4O2. The Morgan fingerprint density at radius 2 is 2.00 bits per heavy atom. The summed E-state index contributed by atoms with van der Waals surface area (Å²) in [6.45, 7) is 3.79. The zero-order valence-electron chi connectivity index (χ0n) is 15.4. The molecule has 8 heteroatoms. The second kappa shape index (κ2) is 8.39. The van der Waals surface area contributed by atoms with Crippen molar-refractivity contribution in [2.24, 2.45) is 5.92 Å². The molecule has 0 fully saturated rings. The van der Waals surface area contributed by atoms with Gasteiger partial charge >= 0.3 is 0 Å². The average Bonchev–Trinajstić information content (AvgIpc) is 3.09. The second-order valence-corrected chi connectivity index (χ2v) is 6.96. The molecule has 0 aliphatic heterocycles. The summed E-state index contributed by atoms with van der Waals surface area (Å²) in [4.78, 5) is 32.7. The molecular weight excluding hydrogens is 383 g/mol. The van der Waals surface area contributed by atoms with Crippen LogP contribution in [0.1, 0.15) is 30.6 Å². The standard InChI is InChI=1S/C20H20ClFN4O2/c1-3-11(2)17(25-18(27)12-8-9-14(22)13(21)10-12)19(28)26-20-23-15-6-4-5-7-16(15)24-20/h4-11,17H,3H2,1-2H3,(H,25,27)(H2,23,24,26,28)/t11-,17-/m0/s1. The number of hydrogen-bond acceptors (Lipinski definition) is 3. The van der Waals surface area contributed by atoms with E-state index in [1.807, 2.05) is 38.1 Å². The van der Waals surface area contributed by atoms with Crippen LogP contribution in [0.15, 0.2) is 42.5 Å². The molecule has 1 aromatic heterocycles. The summed E-state index contributed by atoms with van der Waals surface area (Å²) in [7, 11) is 0. The fourth-order valence-electron chi connectivity index (χ4n) is 2.77. The number of H-pyrrole nitrogens is 1. The molecule has 0 bridgehead atoms. The first-order chi connectivity index (χ1) is 13.4. The van der Waals surface area contributed by atoms with Gasteiger partial charge in [-0.3, -0.25) is 14.9 Å². The number of amides is 2. The molecule has 0 radical (unpaired) electrons. The van der Waals surface area contributed by atoms with Crippen molar-refractivity contribution in [3.05, 3.63) is 58.9 Å². The SMILES string of the molecule is CC[C@H](C)[C@H](NC(=O)c1ccc(F)c(Cl)c1)C(=O)Nc1nc2ccccc2[nH]1. The number of aromatic amines is 1. The number of nitrogens with one attached hydrogen (secondary N) is 3. The third-order valence-corrected chi connectivity index (χ3v) is 4.88. The van der Waals surface area contributed by atoms with Crippen molar-refractivity contribution in [1.29, 1.82) is 0 Å². The van der Waals surface area contributed by atoms with Gasteiger partial charge in [0.25, 0.3) is 5.91 Å². The van der Waals surface area contributed by atoms with Crippen LogP contribution >= 0.6 is 11.6 Å². The highest BCUT2D eigenvalue weighted by molar-refractivity contribution is 6.31. The highest BCUT2D eigenvalue weighted by Crippen LogP contribution is 2.18. The van der Waals surface area contributed by atoms with E-state index < -0.39 is 23.7 Å². The van der Waals surface area contributed by atoms with Gasteiger partial charge in [-0.2, -0.15) is 0 Å². The van der Waals surface area contributed by atoms with E-state index in [0.29, 0.717) is 12.4 Å². The predicted octanol–water partition coefficient (Wildman–Crippen LogP) is 4.14. The van der Waals surface area contributed by atoms with E-state index in [1.165, 1.54) is 12.1 Å². The van der Waals surface area contributed by atoms with Gasteiger partial charge < -0.3 is 10.3 Å². The lowest BCUT2D eigenvalue weighted by molar-refractivity contribution is -0.119. The monoisotopic (exact) mass is 402 g/mol. The predicted molar refractivity (Wildman–Crippen MR) is 107 cm³/mol. The quantitative estimate of drug-likeness (QED) is 0.579. The molecule has 0 aliphatic rings. The van der Waals surface area contributed by atoms with E-state index in [-0.39, 0.29) is 16.5 Å². The highest BCUT2D eigenvalue weighted by atomic mass is 35.5. The lowest BCUT2D eigenvalue weighted by atomic mass is 9.98. The number of halogens is 2. The number of carbonyl (C=O) groups excluding carboxylic acids is 2. The van der Waals surface area contributed by atoms with E-state index in [0.717, 1.165) is 17.1 Å². The van der Waals surface area contributed by atoms with Crippen LogP contribution in [0.2, 0.25) is 5.02 Å². The van der Waals surface area contributed by atoms with E-state index in [4.69, 9.17) is 11.6 Å². The van der Waals surface area contributed by atoms with Crippen LogP contribution < -0.4 is 10.6 Å². The molecule has 0 saturated carbocycles. The van der Waals surface area contributed by atoms with Gasteiger partial charge in [-0.05, 0) is 36.2 Å². The second-order valence-electron chi connectivity index (χ2n) is 6.56. The van der Waals surface area contributed by atoms with E-state index in [9.17, 15) is 14.0 Å². The minimum absolute atomic E-state index is 0.135. The van der Waals surface area contributed by atoms with Gasteiger partial charge in [-0.25, -0.2) is 9.37 Å². The fraction of sp³-hybridized carbons (Fsp3) is 0.250. The van der Waals surface area contributed by atoms with Crippen molar-refractivity contribution in [2.75, 3.05) is 5.32 Å². The molecule has 3 N–H and O–H groups in total. The molecule has 28 heavy (non-hydrogen) atoms. The Morgan fingerprint density at radius 3 is 2.68 bits per heavy atom. The van der Waals surface area contributed by atoms with Crippen LogP contribution in [0.3, 0.4) is 0 Å². The normalized spacial score (nSPS) is 13.1. The lowest BCUT2D eigenvalue weighted by Gasteiger charge is -2.23. The van der Waals surface area contributed by atoms with Crippen LogP contribution in [-0.4, -0.2) is 27.8 Å². The topological polar surface area (TPSA) is 86.9 Å². The molecule has 3 aromatic rings. The number of anilines is 1. The van der Waals surface area contributed by atoms with Gasteiger partial charge in [-0.15, -0.1) is 0 Å². The van der Waals surface area contributed by atoms with Crippen molar-refractivity contribution in [3.63, 3.8) is 0 Å². The number of para-hydroxylation sites is 2. The summed E-state index contributed by atoms with van der Waals surface area (Å²) in [5.41, 5.74) is 1.70. The Morgan fingerprint density at radius 1 is 1.25 bits per heavy atom. The smallest absolute Gasteiger partial charge is 0.251 e. The Balaban J connectivity index is 1.77. The molecule has 2 amide bonds. The lowest BCUT2D eigenvalue weighted by Crippen LogP contribution is -2.47. The number of aromatic nitrogens is 2. The molecule has 0 spiro atoms. The maximum Gasteiger partial charge on any atom is 0.251 e. The summed E-state index contributed by atoms with van der Waals surface area (Å²) in [5, 5.41) is 5.28. The maximum absolute atomic E-state index is 13.3. The number of imidazole rings is 1. The zero-order chi connectivity index (χ0) is 20.3. The first-order valence-corrected chi connectivity index (χ1v) is 9.28. The molecule has 2 atom stereocenters. The van der Waals surface area contributed by atoms with Gasteiger partial charge in [0.05, 0.1) is 16.1 Å². The van der Waals surface area contributed by atoms with E-state index in [1.54, 1.807) is 0 Å². The largest absolute Gasteiger partial charge is 0.340 e. The van der Waals surface area contributed by atoms with Crippen molar-refractivity contribution in [2.45, 2.75) is 26.3 Å². The molecule has 0 aliphatic carbocycles. The third-order valence-electron chi connectivity index (χ3n) is 4.59. The molecule has 3 rings (SSSR count). The van der Waals surface area contributed by atoms with E-state index >= 15 is 0 Å². The summed E-state index contributed by atoms with van der Waals surface area (Å²) in [6.07, 6.45) is 0.669. The first-order valence-electron chi connectivity index (χ1n) is 8.90. The van der Waals surface area contributed by atoms with Crippen molar-refractivity contribution in [1.82, 2.24) is 15.3 Å². The van der Waals surface area contributed by atoms with Crippen molar-refractivity contribution in [3.8, 4) is 0 Å². The van der Waals surface area contributed by atoms with Crippen molar-refractivity contribution >= 4 is 40.4 Å². The van der Waals surface area contributed by atoms with Gasteiger partial charge in [0.2, 0.25) is 11.9 Å². The molecule has 0 unspecified atom stereocenters. The van der Waals surface area contributed by atoms with Gasteiger partial charge in [-0.1, -0.05) is 44.0 Å². The Hall–Kier alpha value is -2.93. The number of fused-ring (bicyclic) bond motifs is 1. The first kappa shape index (κ1) is 19.8. The number of carbonyl (C=O) groups is 2. The number of nitrogens with zero attached hydrogens (tertiary/aromatic N) is 1.